The van der Waals surface area contributed by atoms with E-state index >= 15 is 0 Å². The molecule has 0 bridgehead atoms. The molecule has 5 heteroatoms. The van der Waals surface area contributed by atoms with E-state index in [1.54, 1.807) is 0 Å². The molecule has 2 aromatic rings. The molecule has 2 rings (SSSR count). The monoisotopic (exact) mass is 334 g/mol. The number of hydrogen-bond acceptors (Lipinski definition) is 4. The minimum absolute atomic E-state index is 0.857. The Balaban J connectivity index is 2.33. The van der Waals surface area contributed by atoms with Crippen LogP contribution in [0.3, 0.4) is 0 Å². The van der Waals surface area contributed by atoms with E-state index in [2.05, 4.69) is 43.5 Å². The molecule has 1 aromatic heterocycles. The Labute approximate surface area is 128 Å². The Hall–Kier alpha value is -1.62. The summed E-state index contributed by atoms with van der Waals surface area (Å²) in [5, 5.41) is 6.49. The number of halogens is 1. The topological polar surface area (TPSA) is 49.8 Å². The Morgan fingerprint density at radius 3 is 2.35 bits per heavy atom. The number of benzene rings is 1. The van der Waals surface area contributed by atoms with Crippen LogP contribution in [0.25, 0.3) is 0 Å². The first kappa shape index (κ1) is 14.8. The van der Waals surface area contributed by atoms with Crippen LogP contribution in [0.2, 0.25) is 0 Å². The van der Waals surface area contributed by atoms with Crippen molar-refractivity contribution in [1.82, 2.24) is 9.97 Å². The minimum Gasteiger partial charge on any atom is -0.373 e. The molecule has 0 aliphatic heterocycles. The summed E-state index contributed by atoms with van der Waals surface area (Å²) in [7, 11) is 1.88. The Morgan fingerprint density at radius 1 is 1.10 bits per heavy atom. The van der Waals surface area contributed by atoms with Crippen molar-refractivity contribution in [2.24, 2.45) is 0 Å². The van der Waals surface area contributed by atoms with Crippen LogP contribution >= 0.6 is 15.9 Å². The van der Waals surface area contributed by atoms with Crippen molar-refractivity contribution >= 4 is 33.3 Å². The summed E-state index contributed by atoms with van der Waals surface area (Å²) in [4.78, 5) is 9.14. The molecule has 1 aromatic carbocycles. The van der Waals surface area contributed by atoms with Crippen molar-refractivity contribution in [3.63, 3.8) is 0 Å². The summed E-state index contributed by atoms with van der Waals surface area (Å²) in [5.74, 6) is 2.60. The predicted octanol–water partition coefficient (Wildman–Crippen LogP) is 4.29. The molecule has 0 saturated heterocycles. The van der Waals surface area contributed by atoms with Crippen LogP contribution in [0.4, 0.5) is 17.3 Å². The molecule has 0 aliphatic carbocycles. The van der Waals surface area contributed by atoms with E-state index in [1.807, 2.05) is 38.2 Å². The third-order valence-corrected chi connectivity index (χ3v) is 3.54. The maximum atomic E-state index is 4.61. The zero-order valence-corrected chi connectivity index (χ0v) is 13.6. The Morgan fingerprint density at radius 2 is 1.75 bits per heavy atom. The minimum atomic E-state index is 0.857. The third kappa shape index (κ3) is 3.48. The zero-order chi connectivity index (χ0) is 14.5. The first-order valence-corrected chi connectivity index (χ1v) is 7.51. The maximum absolute atomic E-state index is 4.61. The van der Waals surface area contributed by atoms with Gasteiger partial charge < -0.3 is 10.6 Å². The molecule has 0 radical (unpaired) electrons. The largest absolute Gasteiger partial charge is 0.373 e. The van der Waals surface area contributed by atoms with Gasteiger partial charge in [0, 0.05) is 29.2 Å². The van der Waals surface area contributed by atoms with Gasteiger partial charge in [-0.15, -0.1) is 0 Å². The van der Waals surface area contributed by atoms with Crippen LogP contribution < -0.4 is 10.6 Å². The fraction of sp³-hybridized carbons (Fsp3) is 0.333. The van der Waals surface area contributed by atoms with Crippen molar-refractivity contribution in [1.29, 1.82) is 0 Å². The fourth-order valence-electron chi connectivity index (χ4n) is 1.93. The lowest BCUT2D eigenvalue weighted by atomic mass is 10.2. The van der Waals surface area contributed by atoms with E-state index in [4.69, 9.17) is 0 Å². The van der Waals surface area contributed by atoms with E-state index in [9.17, 15) is 0 Å². The highest BCUT2D eigenvalue weighted by atomic mass is 79.9. The number of aromatic nitrogens is 2. The average Bonchev–Trinajstić information content (AvgIpc) is 2.45. The summed E-state index contributed by atoms with van der Waals surface area (Å²) >= 11 is 3.44. The van der Waals surface area contributed by atoms with Gasteiger partial charge in [0.2, 0.25) is 0 Å². The van der Waals surface area contributed by atoms with Crippen LogP contribution in [0.1, 0.15) is 24.7 Å². The second-order valence-electron chi connectivity index (χ2n) is 4.59. The molecule has 0 unspecified atom stereocenters. The van der Waals surface area contributed by atoms with Crippen LogP contribution in [0.15, 0.2) is 28.7 Å². The second-order valence-corrected chi connectivity index (χ2v) is 5.51. The molecule has 0 amide bonds. The van der Waals surface area contributed by atoms with Gasteiger partial charge in [-0.1, -0.05) is 22.9 Å². The molecular formula is C15H19BrN4. The smallest absolute Gasteiger partial charge is 0.139 e. The van der Waals surface area contributed by atoms with Crippen molar-refractivity contribution < 1.29 is 0 Å². The number of nitrogens with zero attached hydrogens (tertiary/aromatic N) is 2. The Bertz CT molecular complexity index is 581. The highest BCUT2D eigenvalue weighted by Crippen LogP contribution is 2.24. The molecule has 2 N–H and O–H groups in total. The summed E-state index contributed by atoms with van der Waals surface area (Å²) in [5.41, 5.74) is 2.04. The molecule has 0 aliphatic rings. The Kier molecular flexibility index (Phi) is 4.95. The van der Waals surface area contributed by atoms with Crippen LogP contribution in [0.5, 0.6) is 0 Å². The average molecular weight is 335 g/mol. The van der Waals surface area contributed by atoms with Gasteiger partial charge in [-0.25, -0.2) is 9.97 Å². The van der Waals surface area contributed by atoms with E-state index in [1.165, 1.54) is 0 Å². The molecule has 0 spiro atoms. The van der Waals surface area contributed by atoms with Crippen LogP contribution in [0, 0.1) is 6.92 Å². The van der Waals surface area contributed by atoms with E-state index in [-0.39, 0.29) is 0 Å². The summed E-state index contributed by atoms with van der Waals surface area (Å²) in [6.07, 6.45) is 1.91. The van der Waals surface area contributed by atoms with Gasteiger partial charge in [0.1, 0.15) is 17.5 Å². The van der Waals surface area contributed by atoms with Gasteiger partial charge in [0.05, 0.1) is 0 Å². The molecule has 0 fully saturated rings. The summed E-state index contributed by atoms with van der Waals surface area (Å²) in [6, 6.07) is 8.05. The van der Waals surface area contributed by atoms with Crippen molar-refractivity contribution in [2.75, 3.05) is 17.7 Å². The first-order valence-electron chi connectivity index (χ1n) is 6.72. The summed E-state index contributed by atoms with van der Waals surface area (Å²) in [6.45, 7) is 4.15. The lowest BCUT2D eigenvalue weighted by Gasteiger charge is -2.13. The number of rotatable bonds is 5. The third-order valence-electron chi connectivity index (χ3n) is 3.01. The number of anilines is 3. The van der Waals surface area contributed by atoms with E-state index in [0.29, 0.717) is 0 Å². The van der Waals surface area contributed by atoms with Gasteiger partial charge in [0.25, 0.3) is 0 Å². The van der Waals surface area contributed by atoms with Crippen molar-refractivity contribution in [3.8, 4) is 0 Å². The predicted molar refractivity (Wildman–Crippen MR) is 87.7 cm³/mol. The SMILES string of the molecule is CCCc1nc(NC)c(C)c(Nc2ccc(Br)cc2)n1. The highest BCUT2D eigenvalue weighted by Gasteiger charge is 2.09. The molecule has 0 saturated carbocycles. The molecule has 4 nitrogen and oxygen atoms in total. The van der Waals surface area contributed by atoms with Crippen LogP contribution in [-0.4, -0.2) is 17.0 Å². The molecule has 0 atom stereocenters. The van der Waals surface area contributed by atoms with Gasteiger partial charge in [0.15, 0.2) is 0 Å². The normalized spacial score (nSPS) is 10.4. The lowest BCUT2D eigenvalue weighted by Crippen LogP contribution is -2.07. The van der Waals surface area contributed by atoms with Gasteiger partial charge in [-0.05, 0) is 37.6 Å². The van der Waals surface area contributed by atoms with Crippen molar-refractivity contribution in [3.05, 3.63) is 40.1 Å². The molecule has 1 heterocycles. The van der Waals surface area contributed by atoms with Crippen molar-refractivity contribution in [2.45, 2.75) is 26.7 Å². The quantitative estimate of drug-likeness (QED) is 0.856. The van der Waals surface area contributed by atoms with E-state index in [0.717, 1.165) is 46.0 Å². The number of aryl methyl sites for hydroxylation is 1. The van der Waals surface area contributed by atoms with Gasteiger partial charge >= 0.3 is 0 Å². The van der Waals surface area contributed by atoms with Gasteiger partial charge in [-0.2, -0.15) is 0 Å². The second kappa shape index (κ2) is 6.70. The number of nitrogens with one attached hydrogen (secondary N) is 2. The maximum Gasteiger partial charge on any atom is 0.139 e. The summed E-state index contributed by atoms with van der Waals surface area (Å²) < 4.78 is 1.06. The molecule has 106 valence electrons. The zero-order valence-electron chi connectivity index (χ0n) is 12.0. The standard InChI is InChI=1S/C15H19BrN4/c1-4-5-13-19-14(17-3)10(2)15(20-13)18-12-8-6-11(16)7-9-12/h6-9H,4-5H2,1-3H3,(H2,17,18,19,20). The van der Waals surface area contributed by atoms with Crippen LogP contribution in [-0.2, 0) is 6.42 Å². The van der Waals surface area contributed by atoms with Gasteiger partial charge in [-0.3, -0.25) is 0 Å². The number of hydrogen-bond donors (Lipinski definition) is 2. The highest BCUT2D eigenvalue weighted by molar-refractivity contribution is 9.10. The fourth-order valence-corrected chi connectivity index (χ4v) is 2.20. The van der Waals surface area contributed by atoms with E-state index < -0.39 is 0 Å². The first-order chi connectivity index (χ1) is 9.63. The lowest BCUT2D eigenvalue weighted by molar-refractivity contribution is 0.835. The molecule has 20 heavy (non-hydrogen) atoms. The molecular weight excluding hydrogens is 316 g/mol.